The summed E-state index contributed by atoms with van der Waals surface area (Å²) in [5, 5.41) is 16.0. The zero-order valence-electron chi connectivity index (χ0n) is 32.6. The third kappa shape index (κ3) is 6.41. The molecule has 0 saturated carbocycles. The van der Waals surface area contributed by atoms with Crippen molar-refractivity contribution in [1.82, 2.24) is 9.88 Å². The molecule has 0 radical (unpaired) electrons. The summed E-state index contributed by atoms with van der Waals surface area (Å²) >= 11 is 0. The third-order valence-corrected chi connectivity index (χ3v) is 11.3. The number of nitrogens with zero attached hydrogens (tertiary/aromatic N) is 4. The van der Waals surface area contributed by atoms with Gasteiger partial charge in [0.1, 0.15) is 37.1 Å². The molecule has 7 aromatic rings. The minimum Gasteiger partial charge on any atom is -0.508 e. The van der Waals surface area contributed by atoms with E-state index < -0.39 is 0 Å². The summed E-state index contributed by atoms with van der Waals surface area (Å²) in [5.41, 5.74) is 16.8. The highest BCUT2D eigenvalue weighted by atomic mass is 16.3. The predicted octanol–water partition coefficient (Wildman–Crippen LogP) is 3.19. The predicted molar refractivity (Wildman–Crippen MR) is 248 cm³/mol. The standard InChI is InChI=1S/C46H41B4N5O/c1-51-34-25-26-36-39(32-18-10-12-20-35(32)55(36)30-23-21-27(22-24-30)37-40(47)41(48)42(49)43(50)44(37)56)38(34)31-17-9-11-19-33(31)53-46(29-15-7-4-8-16-29)54-45(52-2)28-13-5-3-6-14-28/h3-24,51,56H,2,25-26,47-50H2,1H3/b53-46-,54-45-. The van der Waals surface area contributed by atoms with Crippen molar-refractivity contribution < 1.29 is 5.11 Å². The molecule has 0 unspecified atom stereocenters. The largest absolute Gasteiger partial charge is 0.508 e. The molecule has 0 amide bonds. The van der Waals surface area contributed by atoms with Crippen LogP contribution in [-0.4, -0.2) is 66.5 Å². The molecule has 2 N–H and O–H groups in total. The third-order valence-electron chi connectivity index (χ3n) is 11.3. The van der Waals surface area contributed by atoms with E-state index in [-0.39, 0.29) is 0 Å². The van der Waals surface area contributed by atoms with Crippen LogP contribution >= 0.6 is 0 Å². The number of nitrogens with one attached hydrogen (secondary N) is 1. The molecule has 0 fully saturated rings. The quantitative estimate of drug-likeness (QED) is 0.151. The molecule has 10 heteroatoms. The van der Waals surface area contributed by atoms with Gasteiger partial charge in [0.15, 0.2) is 11.7 Å². The average molecular weight is 723 g/mol. The van der Waals surface area contributed by atoms with Crippen LogP contribution in [0.1, 0.15) is 34.4 Å². The number of para-hydroxylation sites is 2. The lowest BCUT2D eigenvalue weighted by molar-refractivity contribution is 0.482. The number of benzene rings is 6. The molecule has 0 spiro atoms. The lowest BCUT2D eigenvalue weighted by Crippen LogP contribution is -2.48. The van der Waals surface area contributed by atoms with Gasteiger partial charge in [-0.1, -0.05) is 126 Å². The van der Waals surface area contributed by atoms with E-state index in [4.69, 9.17) is 9.98 Å². The van der Waals surface area contributed by atoms with Crippen molar-refractivity contribution in [3.05, 3.63) is 167 Å². The second kappa shape index (κ2) is 15.3. The molecule has 0 aliphatic heterocycles. The van der Waals surface area contributed by atoms with E-state index in [2.05, 4.69) is 112 Å². The number of aliphatic imine (C=N–C) groups is 3. The van der Waals surface area contributed by atoms with Crippen LogP contribution in [0.2, 0.25) is 0 Å². The Kier molecular flexibility index (Phi) is 9.96. The maximum Gasteiger partial charge on any atom is 0.162 e. The molecule has 268 valence electrons. The monoisotopic (exact) mass is 723 g/mol. The summed E-state index contributed by atoms with van der Waals surface area (Å²) < 4.78 is 2.41. The molecule has 1 aliphatic carbocycles. The Bertz CT molecular complexity index is 2710. The van der Waals surface area contributed by atoms with Crippen LogP contribution in [0.3, 0.4) is 0 Å². The Labute approximate surface area is 332 Å². The Morgan fingerprint density at radius 1 is 0.661 bits per heavy atom. The number of phenolic OH excluding ortho intramolecular Hbond substituents is 1. The van der Waals surface area contributed by atoms with Gasteiger partial charge in [0, 0.05) is 62.9 Å². The molecular weight excluding hydrogens is 682 g/mol. The topological polar surface area (TPSA) is 74.3 Å². The van der Waals surface area contributed by atoms with Crippen LogP contribution in [0, 0.1) is 0 Å². The molecule has 0 atom stereocenters. The van der Waals surface area contributed by atoms with E-state index in [1.807, 2.05) is 81.6 Å². The molecule has 1 aromatic heterocycles. The van der Waals surface area contributed by atoms with Crippen LogP contribution in [-0.2, 0) is 6.42 Å². The summed E-state index contributed by atoms with van der Waals surface area (Å²) in [5.74, 6) is 1.42. The number of aromatic nitrogens is 1. The molecule has 6 aromatic carbocycles. The number of aromatic hydroxyl groups is 1. The first kappa shape index (κ1) is 36.4. The van der Waals surface area contributed by atoms with Gasteiger partial charge >= 0.3 is 0 Å². The van der Waals surface area contributed by atoms with Crippen molar-refractivity contribution in [2.75, 3.05) is 7.05 Å². The van der Waals surface area contributed by atoms with E-state index in [0.29, 0.717) is 17.4 Å². The fourth-order valence-electron chi connectivity index (χ4n) is 8.11. The minimum atomic E-state index is 0.357. The van der Waals surface area contributed by atoms with Crippen molar-refractivity contribution in [2.24, 2.45) is 15.0 Å². The fraction of sp³-hybridized carbons (Fsp3) is 0.0652. The minimum absolute atomic E-state index is 0.357. The van der Waals surface area contributed by atoms with E-state index >= 15 is 0 Å². The number of allylic oxidation sites excluding steroid dienone is 1. The molecule has 0 saturated heterocycles. The van der Waals surface area contributed by atoms with Gasteiger partial charge in [-0.25, -0.2) is 15.0 Å². The molecule has 1 heterocycles. The summed E-state index contributed by atoms with van der Waals surface area (Å²) in [7, 11) is 10.3. The van der Waals surface area contributed by atoms with E-state index in [0.717, 1.165) is 85.2 Å². The van der Waals surface area contributed by atoms with Gasteiger partial charge in [-0.3, -0.25) is 0 Å². The van der Waals surface area contributed by atoms with Crippen LogP contribution in [0.15, 0.2) is 154 Å². The van der Waals surface area contributed by atoms with Gasteiger partial charge in [-0.2, -0.15) is 0 Å². The number of rotatable bonds is 7. The lowest BCUT2D eigenvalue weighted by atomic mass is 9.64. The maximum atomic E-state index is 11.3. The summed E-state index contributed by atoms with van der Waals surface area (Å²) in [4.78, 5) is 14.7. The molecule has 56 heavy (non-hydrogen) atoms. The van der Waals surface area contributed by atoms with Gasteiger partial charge in [-0.05, 0) is 49.4 Å². The summed E-state index contributed by atoms with van der Waals surface area (Å²) in [6.45, 7) is 3.86. The highest BCUT2D eigenvalue weighted by Gasteiger charge is 2.29. The summed E-state index contributed by atoms with van der Waals surface area (Å²) in [6, 6.07) is 45.6. The van der Waals surface area contributed by atoms with Crippen molar-refractivity contribution in [1.29, 1.82) is 0 Å². The van der Waals surface area contributed by atoms with Gasteiger partial charge in [0.25, 0.3) is 0 Å². The molecule has 0 bridgehead atoms. The number of hydrogen-bond donors (Lipinski definition) is 2. The number of fused-ring (bicyclic) bond motifs is 3. The molecule has 1 aliphatic rings. The van der Waals surface area contributed by atoms with Crippen LogP contribution < -0.4 is 27.2 Å². The molecule has 8 rings (SSSR count). The first-order chi connectivity index (χ1) is 27.3. The van der Waals surface area contributed by atoms with Gasteiger partial charge in [0.05, 0.1) is 11.2 Å². The van der Waals surface area contributed by atoms with Gasteiger partial charge in [-0.15, -0.1) is 5.46 Å². The Balaban J connectivity index is 1.30. The van der Waals surface area contributed by atoms with E-state index in [9.17, 15) is 5.11 Å². The van der Waals surface area contributed by atoms with Crippen LogP contribution in [0.4, 0.5) is 5.69 Å². The zero-order chi connectivity index (χ0) is 38.9. The van der Waals surface area contributed by atoms with Crippen LogP contribution in [0.25, 0.3) is 33.3 Å². The number of amidine groups is 2. The number of hydrogen-bond acceptors (Lipinski definition) is 3. The van der Waals surface area contributed by atoms with Crippen molar-refractivity contribution >= 4 is 93.8 Å². The first-order valence-electron chi connectivity index (χ1n) is 19.1. The first-order valence-corrected chi connectivity index (χ1v) is 19.1. The second-order valence-electron chi connectivity index (χ2n) is 14.3. The van der Waals surface area contributed by atoms with Crippen molar-refractivity contribution in [2.45, 2.75) is 12.8 Å². The van der Waals surface area contributed by atoms with E-state index in [1.165, 1.54) is 22.1 Å². The molecule has 6 nitrogen and oxygen atoms in total. The normalized spacial score (nSPS) is 13.2. The smallest absolute Gasteiger partial charge is 0.162 e. The zero-order valence-corrected chi connectivity index (χ0v) is 32.6. The Hall–Kier alpha value is -6.53. The van der Waals surface area contributed by atoms with Crippen LogP contribution in [0.5, 0.6) is 5.75 Å². The lowest BCUT2D eigenvalue weighted by Gasteiger charge is -2.24. The Morgan fingerprint density at radius 2 is 1.27 bits per heavy atom. The average Bonchev–Trinajstić information content (AvgIpc) is 3.59. The van der Waals surface area contributed by atoms with Gasteiger partial charge < -0.3 is 15.0 Å². The molecular formula is C46H41B4N5O. The van der Waals surface area contributed by atoms with Gasteiger partial charge in [0.2, 0.25) is 0 Å². The number of phenols is 1. The Morgan fingerprint density at radius 3 is 1.95 bits per heavy atom. The van der Waals surface area contributed by atoms with E-state index in [1.54, 1.807) is 0 Å². The highest BCUT2D eigenvalue weighted by molar-refractivity contribution is 6.64. The van der Waals surface area contributed by atoms with Crippen molar-refractivity contribution in [3.8, 4) is 22.6 Å². The highest BCUT2D eigenvalue weighted by Crippen LogP contribution is 2.45. The maximum absolute atomic E-state index is 11.3. The fourth-order valence-corrected chi connectivity index (χ4v) is 8.11. The summed E-state index contributed by atoms with van der Waals surface area (Å²) in [6.07, 6.45) is 1.70. The van der Waals surface area contributed by atoms with Crippen molar-refractivity contribution in [3.63, 3.8) is 0 Å². The SMILES string of the molecule is Bc1c(B)c(B)c(-c2ccc(-n3c4c(c5ccccc53)C(c3ccccc3/N=C(\N=C(/N=C)c3ccccc3)c3ccccc3)=C(NC)CC4)cc2)c(O)c1B. The second-order valence-corrected chi connectivity index (χ2v) is 14.3.